The minimum Gasteiger partial charge on any atom is -0.493 e. The summed E-state index contributed by atoms with van der Waals surface area (Å²) in [7, 11) is 0.611. The predicted octanol–water partition coefficient (Wildman–Crippen LogP) is 5.23. The largest absolute Gasteiger partial charge is 0.493 e. The molecule has 0 aliphatic heterocycles. The number of nitrogens with zero attached hydrogens (tertiary/aromatic N) is 3. The zero-order valence-corrected chi connectivity index (χ0v) is 23.3. The van der Waals surface area contributed by atoms with Gasteiger partial charge in [0, 0.05) is 18.3 Å². The quantitative estimate of drug-likeness (QED) is 0.237. The fourth-order valence-corrected chi connectivity index (χ4v) is 5.77. The van der Waals surface area contributed by atoms with Gasteiger partial charge in [-0.2, -0.15) is 0 Å². The molecule has 0 radical (unpaired) electrons. The van der Waals surface area contributed by atoms with Gasteiger partial charge in [0.05, 0.1) is 36.9 Å². The fraction of sp³-hybridized carbons (Fsp3) is 0.143. The van der Waals surface area contributed by atoms with Crippen LogP contribution in [0.2, 0.25) is 5.02 Å². The lowest BCUT2D eigenvalue weighted by molar-refractivity contribution is -0.658. The molecule has 0 atom stereocenters. The normalized spacial score (nSPS) is 11.4. The van der Waals surface area contributed by atoms with Gasteiger partial charge >= 0.3 is 0 Å². The van der Waals surface area contributed by atoms with E-state index in [1.54, 1.807) is 54.3 Å². The first kappa shape index (κ1) is 27.2. The Kier molecular flexibility index (Phi) is 7.51. The summed E-state index contributed by atoms with van der Waals surface area (Å²) in [4.78, 5) is 4.40. The molecule has 0 unspecified atom stereocenters. The molecule has 0 aliphatic carbocycles. The molecule has 5 rings (SSSR count). The van der Waals surface area contributed by atoms with Gasteiger partial charge in [0.25, 0.3) is 15.8 Å². The van der Waals surface area contributed by atoms with Crippen LogP contribution in [0, 0.1) is 5.82 Å². The van der Waals surface area contributed by atoms with E-state index in [0.717, 1.165) is 3.97 Å². The monoisotopic (exact) mass is 583 g/mol. The Morgan fingerprint density at radius 3 is 2.50 bits per heavy atom. The predicted molar refractivity (Wildman–Crippen MR) is 149 cm³/mol. The molecule has 206 valence electrons. The van der Waals surface area contributed by atoms with Gasteiger partial charge in [-0.05, 0) is 48.0 Å². The van der Waals surface area contributed by atoms with Crippen LogP contribution in [0.25, 0.3) is 11.0 Å². The molecule has 40 heavy (non-hydrogen) atoms. The Labute approximate surface area is 235 Å². The number of hydrogen-bond acceptors (Lipinski definition) is 7. The van der Waals surface area contributed by atoms with Crippen LogP contribution in [0.4, 0.5) is 15.9 Å². The maximum atomic E-state index is 13.7. The molecular formula is C28H25ClFN4O5S+. The van der Waals surface area contributed by atoms with Gasteiger partial charge in [-0.1, -0.05) is 23.7 Å². The highest BCUT2D eigenvalue weighted by atomic mass is 35.5. The lowest BCUT2D eigenvalue weighted by Gasteiger charge is -2.13. The van der Waals surface area contributed by atoms with E-state index in [1.807, 2.05) is 0 Å². The summed E-state index contributed by atoms with van der Waals surface area (Å²) in [6.45, 7) is 0.145. The fourth-order valence-electron chi connectivity index (χ4n) is 4.17. The number of aryl methyl sites for hydroxylation is 1. The van der Waals surface area contributed by atoms with Crippen LogP contribution in [0.5, 0.6) is 17.2 Å². The van der Waals surface area contributed by atoms with Crippen molar-refractivity contribution in [1.82, 2.24) is 8.96 Å². The molecule has 12 heteroatoms. The zero-order valence-electron chi connectivity index (χ0n) is 21.8. The van der Waals surface area contributed by atoms with Crippen molar-refractivity contribution in [3.05, 3.63) is 95.7 Å². The molecule has 3 aromatic carbocycles. The third-order valence-electron chi connectivity index (χ3n) is 6.17. The van der Waals surface area contributed by atoms with Crippen molar-refractivity contribution >= 4 is 44.2 Å². The standard InChI is InChI=1S/C28H24ClFN4O5S/c1-33-17-31-23-11-12-34(40(35,36)21-8-10-25(37-2)26(15-21)38-3)27(23)28(33)32-20-7-9-24(22(29)14-20)39-16-18-5-4-6-19(30)13-18/h4-15,17H,16H2,1-3H3/p+1. The summed E-state index contributed by atoms with van der Waals surface area (Å²) >= 11 is 6.49. The highest BCUT2D eigenvalue weighted by Gasteiger charge is 2.27. The summed E-state index contributed by atoms with van der Waals surface area (Å²) in [6, 6.07) is 17.2. The average molecular weight is 584 g/mol. The summed E-state index contributed by atoms with van der Waals surface area (Å²) in [5.41, 5.74) is 2.05. The Balaban J connectivity index is 1.48. The minimum atomic E-state index is -4.05. The first-order chi connectivity index (χ1) is 19.2. The zero-order chi connectivity index (χ0) is 28.4. The second-order valence-electron chi connectivity index (χ2n) is 8.76. The first-order valence-electron chi connectivity index (χ1n) is 12.0. The van der Waals surface area contributed by atoms with E-state index in [1.165, 1.54) is 50.7 Å². The van der Waals surface area contributed by atoms with Gasteiger partial charge in [0.15, 0.2) is 22.5 Å². The van der Waals surface area contributed by atoms with Crippen molar-refractivity contribution in [3.8, 4) is 17.2 Å². The molecule has 2 heterocycles. The second kappa shape index (κ2) is 11.0. The van der Waals surface area contributed by atoms with E-state index in [-0.39, 0.29) is 23.1 Å². The summed E-state index contributed by atoms with van der Waals surface area (Å²) < 4.78 is 60.1. The van der Waals surface area contributed by atoms with E-state index in [0.29, 0.717) is 44.6 Å². The van der Waals surface area contributed by atoms with Crippen molar-refractivity contribution < 1.29 is 31.6 Å². The van der Waals surface area contributed by atoms with Crippen molar-refractivity contribution in [2.45, 2.75) is 11.5 Å². The van der Waals surface area contributed by atoms with Crippen molar-refractivity contribution in [2.75, 3.05) is 19.5 Å². The number of nitrogens with one attached hydrogen (secondary N) is 1. The molecule has 0 aliphatic rings. The Bertz CT molecular complexity index is 1830. The second-order valence-corrected chi connectivity index (χ2v) is 11.0. The third-order valence-corrected chi connectivity index (χ3v) is 8.13. The molecule has 0 amide bonds. The molecule has 0 saturated heterocycles. The van der Waals surface area contributed by atoms with Gasteiger partial charge in [0.1, 0.15) is 18.2 Å². The third kappa shape index (κ3) is 5.25. The number of fused-ring (bicyclic) bond motifs is 1. The van der Waals surface area contributed by atoms with E-state index in [4.69, 9.17) is 25.8 Å². The number of rotatable bonds is 9. The van der Waals surface area contributed by atoms with E-state index >= 15 is 0 Å². The molecule has 0 fully saturated rings. The number of ether oxygens (including phenoxy) is 3. The van der Waals surface area contributed by atoms with Gasteiger partial charge in [-0.25, -0.2) is 21.3 Å². The highest BCUT2D eigenvalue weighted by Crippen LogP contribution is 2.34. The van der Waals surface area contributed by atoms with E-state index in [2.05, 4.69) is 10.3 Å². The van der Waals surface area contributed by atoms with Crippen molar-refractivity contribution in [2.24, 2.45) is 7.05 Å². The molecule has 9 nitrogen and oxygen atoms in total. The van der Waals surface area contributed by atoms with Crippen LogP contribution in [-0.2, 0) is 23.7 Å². The highest BCUT2D eigenvalue weighted by molar-refractivity contribution is 7.90. The van der Waals surface area contributed by atoms with Crippen LogP contribution in [0.15, 0.2) is 84.1 Å². The maximum absolute atomic E-state index is 13.7. The van der Waals surface area contributed by atoms with Crippen LogP contribution >= 0.6 is 11.6 Å². The number of methoxy groups -OCH3 is 2. The molecule has 1 N–H and O–H groups in total. The smallest absolute Gasteiger partial charge is 0.268 e. The van der Waals surface area contributed by atoms with Crippen molar-refractivity contribution in [3.63, 3.8) is 0 Å². The Morgan fingerprint density at radius 2 is 1.77 bits per heavy atom. The van der Waals surface area contributed by atoms with E-state index < -0.39 is 10.0 Å². The lowest BCUT2D eigenvalue weighted by Crippen LogP contribution is -2.33. The van der Waals surface area contributed by atoms with E-state index in [9.17, 15) is 12.8 Å². The van der Waals surface area contributed by atoms with Crippen LogP contribution in [-0.4, -0.2) is 31.6 Å². The Morgan fingerprint density at radius 1 is 1.00 bits per heavy atom. The number of halogens is 2. The van der Waals surface area contributed by atoms with Gasteiger partial charge < -0.3 is 14.2 Å². The minimum absolute atomic E-state index is 0.0166. The molecule has 0 saturated carbocycles. The lowest BCUT2D eigenvalue weighted by atomic mass is 10.2. The summed E-state index contributed by atoms with van der Waals surface area (Å²) in [5.74, 6) is 1.23. The summed E-state index contributed by atoms with van der Waals surface area (Å²) in [6.07, 6.45) is 3.03. The number of benzene rings is 3. The van der Waals surface area contributed by atoms with Gasteiger partial charge in [-0.15, -0.1) is 4.98 Å². The SMILES string of the molecule is COc1ccc(S(=O)(=O)n2ccc3nc[n+](C)c(Nc4ccc(OCc5cccc(F)c5)c(Cl)c4)c32)cc1OC. The number of hydrogen-bond donors (Lipinski definition) is 1. The summed E-state index contributed by atoms with van der Waals surface area (Å²) in [5, 5.41) is 3.58. The topological polar surface area (TPSA) is 95.6 Å². The van der Waals surface area contributed by atoms with Crippen molar-refractivity contribution in [1.29, 1.82) is 0 Å². The van der Waals surface area contributed by atoms with Crippen LogP contribution < -0.4 is 24.1 Å². The first-order valence-corrected chi connectivity index (χ1v) is 13.8. The number of anilines is 2. The molecule has 0 bridgehead atoms. The van der Waals surface area contributed by atoms with Gasteiger partial charge in [-0.3, -0.25) is 5.32 Å². The molecule has 2 aromatic heterocycles. The van der Waals surface area contributed by atoms with Gasteiger partial charge in [0.2, 0.25) is 6.33 Å². The molecular weight excluding hydrogens is 559 g/mol. The Hall–Kier alpha value is -4.35. The molecule has 0 spiro atoms. The maximum Gasteiger partial charge on any atom is 0.268 e. The average Bonchev–Trinajstić information content (AvgIpc) is 3.39. The number of aromatic nitrogens is 3. The molecule has 5 aromatic rings. The van der Waals surface area contributed by atoms with Crippen LogP contribution in [0.1, 0.15) is 5.56 Å². The van der Waals surface area contributed by atoms with Crippen LogP contribution in [0.3, 0.4) is 0 Å².